The van der Waals surface area contributed by atoms with Gasteiger partial charge in [-0.2, -0.15) is 13.2 Å². The molecule has 7 nitrogen and oxygen atoms in total. The number of nitrogens with zero attached hydrogens (tertiary/aromatic N) is 1. The molecule has 39 heavy (non-hydrogen) atoms. The van der Waals surface area contributed by atoms with E-state index in [1.54, 1.807) is 50.4 Å². The van der Waals surface area contributed by atoms with E-state index in [1.807, 2.05) is 19.1 Å². The van der Waals surface area contributed by atoms with Crippen LogP contribution in [0.2, 0.25) is 0 Å². The van der Waals surface area contributed by atoms with Crippen molar-refractivity contribution in [1.29, 1.82) is 0 Å². The Morgan fingerprint density at radius 2 is 1.85 bits per heavy atom. The number of hydrogen-bond acceptors (Lipinski definition) is 6. The molecule has 0 saturated carbocycles. The number of allylic oxidation sites excluding steroid dienone is 4. The van der Waals surface area contributed by atoms with Crippen LogP contribution in [0.15, 0.2) is 71.3 Å². The zero-order valence-corrected chi connectivity index (χ0v) is 22.2. The van der Waals surface area contributed by atoms with Crippen LogP contribution in [0.1, 0.15) is 70.2 Å². The number of carbonyl (C=O) groups excluding carboxylic acids is 1. The molecule has 0 saturated heterocycles. The van der Waals surface area contributed by atoms with E-state index in [4.69, 9.17) is 15.2 Å². The maximum Gasteiger partial charge on any atom is 0.431 e. The molecule has 0 radical (unpaired) electrons. The highest BCUT2D eigenvalue weighted by Crippen LogP contribution is 2.49. The SMILES string of the molecule is CCCC1=C(OC(C(=O)O)c2ccc(OCc3ccccn3)cc2)C(C)(CCC)CC(=C(N)C(F)(F)F)C1=O. The van der Waals surface area contributed by atoms with Gasteiger partial charge in [-0.25, -0.2) is 4.79 Å². The zero-order chi connectivity index (χ0) is 28.8. The van der Waals surface area contributed by atoms with Gasteiger partial charge < -0.3 is 20.3 Å². The van der Waals surface area contributed by atoms with Crippen LogP contribution in [-0.2, 0) is 20.9 Å². The Morgan fingerprint density at radius 3 is 2.38 bits per heavy atom. The Balaban J connectivity index is 1.98. The molecule has 0 fully saturated rings. The second kappa shape index (κ2) is 12.4. The van der Waals surface area contributed by atoms with E-state index < -0.39 is 40.7 Å². The third kappa shape index (κ3) is 6.99. The van der Waals surface area contributed by atoms with E-state index in [2.05, 4.69) is 4.98 Å². The minimum absolute atomic E-state index is 0.0310. The highest BCUT2D eigenvalue weighted by Gasteiger charge is 2.47. The van der Waals surface area contributed by atoms with Crippen molar-refractivity contribution >= 4 is 11.8 Å². The molecule has 0 amide bonds. The molecule has 0 spiro atoms. The number of halogens is 3. The highest BCUT2D eigenvalue weighted by molar-refractivity contribution is 6.10. The smallest absolute Gasteiger partial charge is 0.431 e. The maximum atomic E-state index is 13.5. The maximum absolute atomic E-state index is 13.5. The molecule has 1 aromatic heterocycles. The minimum Gasteiger partial charge on any atom is -0.487 e. The van der Waals surface area contributed by atoms with Crippen molar-refractivity contribution < 1.29 is 37.3 Å². The highest BCUT2D eigenvalue weighted by atomic mass is 19.4. The Hall–Kier alpha value is -3.82. The fraction of sp³-hybridized carbons (Fsp3) is 0.414. The van der Waals surface area contributed by atoms with E-state index in [0.29, 0.717) is 30.6 Å². The van der Waals surface area contributed by atoms with Gasteiger partial charge in [0.05, 0.1) is 5.69 Å². The van der Waals surface area contributed by atoms with Crippen molar-refractivity contribution in [2.24, 2.45) is 11.1 Å². The van der Waals surface area contributed by atoms with Gasteiger partial charge in [-0.1, -0.05) is 51.8 Å². The molecule has 0 bridgehead atoms. The molecule has 2 atom stereocenters. The van der Waals surface area contributed by atoms with E-state index in [1.165, 1.54) is 0 Å². The van der Waals surface area contributed by atoms with Gasteiger partial charge in [-0.3, -0.25) is 9.78 Å². The normalized spacial score (nSPS) is 20.0. The summed E-state index contributed by atoms with van der Waals surface area (Å²) in [6.45, 7) is 5.54. The largest absolute Gasteiger partial charge is 0.487 e. The number of carboxylic acids is 1. The third-order valence-electron chi connectivity index (χ3n) is 6.63. The number of nitrogens with two attached hydrogens (primary N) is 1. The predicted molar refractivity (Wildman–Crippen MR) is 138 cm³/mol. The molecule has 2 aromatic rings. The molecular formula is C29H33F3N2O5. The molecular weight excluding hydrogens is 513 g/mol. The van der Waals surface area contributed by atoms with Crippen LogP contribution in [0.3, 0.4) is 0 Å². The number of rotatable bonds is 11. The molecule has 1 aliphatic carbocycles. The molecule has 1 heterocycles. The number of benzene rings is 1. The van der Waals surface area contributed by atoms with Crippen molar-refractivity contribution in [1.82, 2.24) is 4.98 Å². The van der Waals surface area contributed by atoms with Gasteiger partial charge in [-0.15, -0.1) is 0 Å². The van der Waals surface area contributed by atoms with Crippen LogP contribution < -0.4 is 10.5 Å². The Kier molecular flexibility index (Phi) is 9.42. The standard InChI is InChI=1S/C29H33F3N2O5/c1-4-8-21-23(35)22(25(33)29(30,31)32)16-28(3,14-5-2)26(21)39-24(27(36)37)18-10-12-20(13-11-18)38-17-19-9-6-7-15-34-19/h6-7,9-13,15,24H,4-5,8,14,16-17,33H2,1-3H3,(H,36,37). The summed E-state index contributed by atoms with van der Waals surface area (Å²) in [5, 5.41) is 10.1. The molecule has 0 aliphatic heterocycles. The first-order chi connectivity index (χ1) is 18.4. The van der Waals surface area contributed by atoms with Crippen LogP contribution in [0, 0.1) is 5.41 Å². The predicted octanol–water partition coefficient (Wildman–Crippen LogP) is 6.41. The number of alkyl halides is 3. The van der Waals surface area contributed by atoms with Gasteiger partial charge in [0, 0.05) is 28.3 Å². The average Bonchev–Trinajstić information content (AvgIpc) is 2.89. The lowest BCUT2D eigenvalue weighted by Crippen LogP contribution is -2.36. The minimum atomic E-state index is -4.86. The summed E-state index contributed by atoms with van der Waals surface area (Å²) in [5.41, 5.74) is 3.48. The molecule has 3 N–H and O–H groups in total. The van der Waals surface area contributed by atoms with E-state index in [9.17, 15) is 27.9 Å². The van der Waals surface area contributed by atoms with Gasteiger partial charge in [0.15, 0.2) is 5.78 Å². The van der Waals surface area contributed by atoms with Crippen molar-refractivity contribution in [2.75, 3.05) is 0 Å². The summed E-state index contributed by atoms with van der Waals surface area (Å²) in [4.78, 5) is 29.8. The van der Waals surface area contributed by atoms with E-state index in [-0.39, 0.29) is 30.8 Å². The summed E-state index contributed by atoms with van der Waals surface area (Å²) in [7, 11) is 0. The fourth-order valence-corrected chi connectivity index (χ4v) is 4.79. The summed E-state index contributed by atoms with van der Waals surface area (Å²) in [6, 6.07) is 11.7. The Morgan fingerprint density at radius 1 is 1.15 bits per heavy atom. The van der Waals surface area contributed by atoms with Gasteiger partial charge in [0.25, 0.3) is 0 Å². The third-order valence-corrected chi connectivity index (χ3v) is 6.63. The summed E-state index contributed by atoms with van der Waals surface area (Å²) >= 11 is 0. The molecule has 1 aliphatic rings. The number of aromatic nitrogens is 1. The van der Waals surface area contributed by atoms with Crippen LogP contribution in [0.4, 0.5) is 13.2 Å². The van der Waals surface area contributed by atoms with E-state index in [0.717, 1.165) is 5.69 Å². The first-order valence-corrected chi connectivity index (χ1v) is 12.8. The Bertz CT molecular complexity index is 1240. The van der Waals surface area contributed by atoms with Crippen LogP contribution in [0.25, 0.3) is 0 Å². The van der Waals surface area contributed by atoms with Gasteiger partial charge in [-0.05, 0) is 43.5 Å². The topological polar surface area (TPSA) is 112 Å². The summed E-state index contributed by atoms with van der Waals surface area (Å²) < 4.78 is 52.3. The summed E-state index contributed by atoms with van der Waals surface area (Å²) in [5.74, 6) is -1.56. The number of Topliss-reactive ketones (excluding diaryl/α,β-unsaturated/α-hetero) is 1. The number of carboxylic acid groups (broad SMARTS) is 1. The number of pyridine rings is 1. The lowest BCUT2D eigenvalue weighted by Gasteiger charge is -2.39. The second-order valence-corrected chi connectivity index (χ2v) is 9.78. The Labute approximate surface area is 225 Å². The molecule has 3 rings (SSSR count). The summed E-state index contributed by atoms with van der Waals surface area (Å²) in [6.07, 6.45) is -3.52. The first-order valence-electron chi connectivity index (χ1n) is 12.8. The number of hydrogen-bond donors (Lipinski definition) is 2. The molecule has 1 aromatic carbocycles. The van der Waals surface area contributed by atoms with Crippen molar-refractivity contribution in [3.05, 3.63) is 82.5 Å². The van der Waals surface area contributed by atoms with Gasteiger partial charge >= 0.3 is 12.1 Å². The number of ketones is 1. The lowest BCUT2D eigenvalue weighted by molar-refractivity contribution is -0.149. The number of aliphatic carboxylic acids is 1. The van der Waals surface area contributed by atoms with Crippen molar-refractivity contribution in [3.63, 3.8) is 0 Å². The molecule has 10 heteroatoms. The fourth-order valence-electron chi connectivity index (χ4n) is 4.79. The number of carbonyl (C=O) groups is 2. The van der Waals surface area contributed by atoms with Crippen molar-refractivity contribution in [2.45, 2.75) is 71.8 Å². The van der Waals surface area contributed by atoms with Crippen LogP contribution >= 0.6 is 0 Å². The van der Waals surface area contributed by atoms with Gasteiger partial charge in [0.2, 0.25) is 6.10 Å². The average molecular weight is 547 g/mol. The molecule has 2 unspecified atom stereocenters. The van der Waals surface area contributed by atoms with Crippen molar-refractivity contribution in [3.8, 4) is 5.75 Å². The zero-order valence-electron chi connectivity index (χ0n) is 22.2. The second-order valence-electron chi connectivity index (χ2n) is 9.78. The van der Waals surface area contributed by atoms with E-state index >= 15 is 0 Å². The first kappa shape index (κ1) is 29.7. The monoisotopic (exact) mass is 546 g/mol. The van der Waals surface area contributed by atoms with Crippen LogP contribution in [-0.4, -0.2) is 28.0 Å². The lowest BCUT2D eigenvalue weighted by atomic mass is 9.69. The van der Waals surface area contributed by atoms with Gasteiger partial charge in [0.1, 0.15) is 23.8 Å². The molecule has 210 valence electrons. The number of ether oxygens (including phenoxy) is 2. The quantitative estimate of drug-likeness (QED) is 0.313. The van der Waals surface area contributed by atoms with Crippen LogP contribution in [0.5, 0.6) is 5.75 Å².